The first-order chi connectivity index (χ1) is 16.6. The van der Waals surface area contributed by atoms with Crippen molar-refractivity contribution in [1.29, 1.82) is 0 Å². The maximum atomic E-state index is 12.9. The average molecular weight is 460 g/mol. The van der Waals surface area contributed by atoms with Gasteiger partial charge in [0.25, 0.3) is 11.8 Å². The van der Waals surface area contributed by atoms with Gasteiger partial charge in [-0.15, -0.1) is 0 Å². The molecule has 34 heavy (non-hydrogen) atoms. The van der Waals surface area contributed by atoms with Crippen LogP contribution in [0.1, 0.15) is 40.1 Å². The second-order valence-corrected chi connectivity index (χ2v) is 7.89. The molecule has 3 aromatic carbocycles. The Hall–Kier alpha value is -3.64. The molecule has 6 nitrogen and oxygen atoms in total. The van der Waals surface area contributed by atoms with Crippen LogP contribution in [0.3, 0.4) is 0 Å². The van der Waals surface area contributed by atoms with E-state index >= 15 is 0 Å². The molecule has 3 rings (SSSR count). The summed E-state index contributed by atoms with van der Waals surface area (Å²) in [6.45, 7) is 8.03. The maximum absolute atomic E-state index is 12.9. The smallest absolute Gasteiger partial charge is 0.259 e. The first-order valence-corrected chi connectivity index (χ1v) is 11.8. The Balaban J connectivity index is 1.54. The summed E-state index contributed by atoms with van der Waals surface area (Å²) in [6, 6.07) is 24.2. The first-order valence-electron chi connectivity index (χ1n) is 11.8. The Morgan fingerprint density at radius 2 is 1.50 bits per heavy atom. The normalized spacial score (nSPS) is 10.7. The highest BCUT2D eigenvalue weighted by Crippen LogP contribution is 2.20. The number of nitrogens with one attached hydrogen (secondary N) is 2. The topological polar surface area (TPSA) is 70.7 Å². The summed E-state index contributed by atoms with van der Waals surface area (Å²) in [5, 5.41) is 5.83. The van der Waals surface area contributed by atoms with Gasteiger partial charge in [-0.3, -0.25) is 9.59 Å². The van der Waals surface area contributed by atoms with Crippen LogP contribution in [0.5, 0.6) is 5.75 Å². The molecule has 0 spiro atoms. The monoisotopic (exact) mass is 459 g/mol. The van der Waals surface area contributed by atoms with E-state index < -0.39 is 0 Å². The number of rotatable bonds is 12. The zero-order valence-electron chi connectivity index (χ0n) is 19.9. The minimum atomic E-state index is -0.258. The lowest BCUT2D eigenvalue weighted by Crippen LogP contribution is -2.34. The Labute approximate surface area is 201 Å². The van der Waals surface area contributed by atoms with Gasteiger partial charge in [-0.25, -0.2) is 0 Å². The molecule has 0 radical (unpaired) electrons. The third-order valence-electron chi connectivity index (χ3n) is 5.64. The highest BCUT2D eigenvalue weighted by atomic mass is 16.5. The third kappa shape index (κ3) is 7.46. The summed E-state index contributed by atoms with van der Waals surface area (Å²) >= 11 is 0. The Bertz CT molecular complexity index is 1050. The number of para-hydroxylation sites is 1. The molecule has 0 atom stereocenters. The van der Waals surface area contributed by atoms with E-state index in [0.29, 0.717) is 35.7 Å². The van der Waals surface area contributed by atoms with Crippen LogP contribution in [-0.2, 0) is 6.42 Å². The van der Waals surface area contributed by atoms with Crippen molar-refractivity contribution < 1.29 is 14.3 Å². The van der Waals surface area contributed by atoms with Crippen molar-refractivity contribution in [2.75, 3.05) is 38.1 Å². The fraction of sp³-hybridized carbons (Fsp3) is 0.286. The first kappa shape index (κ1) is 25.0. The van der Waals surface area contributed by atoms with Crippen molar-refractivity contribution in [3.8, 4) is 5.75 Å². The summed E-state index contributed by atoms with van der Waals surface area (Å²) < 4.78 is 5.90. The molecule has 178 valence electrons. The van der Waals surface area contributed by atoms with Crippen LogP contribution in [-0.4, -0.2) is 49.5 Å². The number of nitrogens with zero attached hydrogens (tertiary/aromatic N) is 1. The fourth-order valence-corrected chi connectivity index (χ4v) is 3.58. The van der Waals surface area contributed by atoms with E-state index in [1.54, 1.807) is 36.4 Å². The van der Waals surface area contributed by atoms with Gasteiger partial charge in [0.15, 0.2) is 0 Å². The van der Waals surface area contributed by atoms with Gasteiger partial charge in [0.05, 0.1) is 12.2 Å². The molecular formula is C28H33N3O3. The Kier molecular flexibility index (Phi) is 9.67. The lowest BCUT2D eigenvalue weighted by atomic mass is 10.1. The van der Waals surface area contributed by atoms with Gasteiger partial charge in [-0.1, -0.05) is 56.3 Å². The fourth-order valence-electron chi connectivity index (χ4n) is 3.58. The summed E-state index contributed by atoms with van der Waals surface area (Å²) in [5.41, 5.74) is 2.82. The second kappa shape index (κ2) is 13.2. The van der Waals surface area contributed by atoms with E-state index in [2.05, 4.69) is 41.5 Å². The zero-order chi connectivity index (χ0) is 24.2. The van der Waals surface area contributed by atoms with E-state index in [-0.39, 0.29) is 11.8 Å². The number of carbonyl (C=O) groups is 2. The molecule has 0 bridgehead atoms. The van der Waals surface area contributed by atoms with E-state index in [1.165, 1.54) is 5.56 Å². The third-order valence-corrected chi connectivity index (χ3v) is 5.64. The standard InChI is InChI=1S/C28H33N3O3/c1-3-31(4-2)20-19-29-27(32)23-14-16-24(17-15-23)30-28(33)25-12-8-9-13-26(25)34-21-18-22-10-6-5-7-11-22/h5-17H,3-4,18-21H2,1-2H3,(H,29,32)(H,30,33). The van der Waals surface area contributed by atoms with Crippen LogP contribution in [0.4, 0.5) is 5.69 Å². The minimum Gasteiger partial charge on any atom is -0.492 e. The summed E-state index contributed by atoms with van der Waals surface area (Å²) in [6.07, 6.45) is 0.759. The van der Waals surface area contributed by atoms with E-state index in [1.807, 2.05) is 30.3 Å². The number of hydrogen-bond donors (Lipinski definition) is 2. The van der Waals surface area contributed by atoms with Crippen LogP contribution < -0.4 is 15.4 Å². The van der Waals surface area contributed by atoms with Crippen molar-refractivity contribution >= 4 is 17.5 Å². The number of anilines is 1. The number of amides is 2. The van der Waals surface area contributed by atoms with Crippen molar-refractivity contribution in [1.82, 2.24) is 10.2 Å². The average Bonchev–Trinajstić information content (AvgIpc) is 2.88. The van der Waals surface area contributed by atoms with Gasteiger partial charge in [-0.05, 0) is 55.1 Å². The van der Waals surface area contributed by atoms with Gasteiger partial charge in [0.2, 0.25) is 0 Å². The quantitative estimate of drug-likeness (QED) is 0.414. The number of ether oxygens (including phenoxy) is 1. The van der Waals surface area contributed by atoms with Crippen molar-refractivity contribution in [3.63, 3.8) is 0 Å². The lowest BCUT2D eigenvalue weighted by molar-refractivity contribution is 0.0948. The highest BCUT2D eigenvalue weighted by Gasteiger charge is 2.13. The lowest BCUT2D eigenvalue weighted by Gasteiger charge is -2.18. The molecule has 0 saturated heterocycles. The summed E-state index contributed by atoms with van der Waals surface area (Å²) in [4.78, 5) is 27.5. The van der Waals surface area contributed by atoms with Gasteiger partial charge >= 0.3 is 0 Å². The highest BCUT2D eigenvalue weighted by molar-refractivity contribution is 6.06. The second-order valence-electron chi connectivity index (χ2n) is 7.89. The largest absolute Gasteiger partial charge is 0.492 e. The van der Waals surface area contributed by atoms with E-state index in [4.69, 9.17) is 4.74 Å². The van der Waals surface area contributed by atoms with Gasteiger partial charge < -0.3 is 20.3 Å². The van der Waals surface area contributed by atoms with Crippen molar-refractivity contribution in [2.24, 2.45) is 0 Å². The predicted molar refractivity (Wildman–Crippen MR) is 137 cm³/mol. The number of carbonyl (C=O) groups excluding carboxylic acids is 2. The summed E-state index contributed by atoms with van der Waals surface area (Å²) in [5.74, 6) is 0.161. The summed E-state index contributed by atoms with van der Waals surface area (Å²) in [7, 11) is 0. The SMILES string of the molecule is CCN(CC)CCNC(=O)c1ccc(NC(=O)c2ccccc2OCCc2ccccc2)cc1. The molecule has 0 saturated carbocycles. The minimum absolute atomic E-state index is 0.123. The van der Waals surface area contributed by atoms with Gasteiger partial charge in [0.1, 0.15) is 5.75 Å². The van der Waals surface area contributed by atoms with Crippen LogP contribution in [0.2, 0.25) is 0 Å². The molecule has 2 amide bonds. The number of hydrogen-bond acceptors (Lipinski definition) is 4. The molecule has 0 aliphatic rings. The van der Waals surface area contributed by atoms with E-state index in [9.17, 15) is 9.59 Å². The van der Waals surface area contributed by atoms with Crippen LogP contribution in [0, 0.1) is 0 Å². The number of likely N-dealkylation sites (N-methyl/N-ethyl adjacent to an activating group) is 1. The molecule has 3 aromatic rings. The molecule has 0 fully saturated rings. The van der Waals surface area contributed by atoms with Crippen molar-refractivity contribution in [2.45, 2.75) is 20.3 Å². The van der Waals surface area contributed by atoms with Crippen LogP contribution >= 0.6 is 0 Å². The van der Waals surface area contributed by atoms with Crippen LogP contribution in [0.15, 0.2) is 78.9 Å². The maximum Gasteiger partial charge on any atom is 0.259 e. The molecule has 0 unspecified atom stereocenters. The Morgan fingerprint density at radius 3 is 2.21 bits per heavy atom. The zero-order valence-corrected chi connectivity index (χ0v) is 19.9. The molecule has 0 heterocycles. The molecule has 0 aliphatic carbocycles. The predicted octanol–water partition coefficient (Wildman–Crippen LogP) is 4.63. The van der Waals surface area contributed by atoms with Gasteiger partial charge in [-0.2, -0.15) is 0 Å². The molecule has 6 heteroatoms. The molecule has 0 aromatic heterocycles. The van der Waals surface area contributed by atoms with E-state index in [0.717, 1.165) is 26.1 Å². The van der Waals surface area contributed by atoms with Gasteiger partial charge in [0, 0.05) is 30.8 Å². The Morgan fingerprint density at radius 1 is 0.824 bits per heavy atom. The molecule has 2 N–H and O–H groups in total. The molecule has 0 aliphatic heterocycles. The van der Waals surface area contributed by atoms with Crippen molar-refractivity contribution in [3.05, 3.63) is 95.6 Å². The number of benzene rings is 3. The molecular weight excluding hydrogens is 426 g/mol. The van der Waals surface area contributed by atoms with Crippen LogP contribution in [0.25, 0.3) is 0 Å².